The third-order valence-corrected chi connectivity index (χ3v) is 3.40. The van der Waals surface area contributed by atoms with Gasteiger partial charge in [-0.15, -0.1) is 11.3 Å². The fourth-order valence-electron chi connectivity index (χ4n) is 1.63. The van der Waals surface area contributed by atoms with E-state index in [4.69, 9.17) is 9.52 Å². The van der Waals surface area contributed by atoms with E-state index in [0.717, 1.165) is 0 Å². The normalized spacial score (nSPS) is 10.3. The minimum atomic E-state index is -0.927. The van der Waals surface area contributed by atoms with Gasteiger partial charge in [-0.05, 0) is 23.6 Å². The number of hydrogen-bond acceptors (Lipinski definition) is 4. The van der Waals surface area contributed by atoms with Crippen molar-refractivity contribution >= 4 is 23.2 Å². The molecule has 0 spiro atoms. The number of furan rings is 1. The molecule has 100 valence electrons. The first-order chi connectivity index (χ1) is 9.16. The van der Waals surface area contributed by atoms with Gasteiger partial charge in [0, 0.05) is 6.54 Å². The minimum Gasteiger partial charge on any atom is -0.481 e. The summed E-state index contributed by atoms with van der Waals surface area (Å²) in [6, 6.07) is 7.01. The highest BCUT2D eigenvalue weighted by atomic mass is 32.1. The van der Waals surface area contributed by atoms with Gasteiger partial charge in [-0.3, -0.25) is 9.59 Å². The van der Waals surface area contributed by atoms with E-state index in [-0.39, 0.29) is 25.4 Å². The third kappa shape index (κ3) is 3.69. The Morgan fingerprint density at radius 2 is 2.16 bits per heavy atom. The number of nitrogens with zero attached hydrogens (tertiary/aromatic N) is 1. The lowest BCUT2D eigenvalue weighted by molar-refractivity contribution is -0.137. The maximum atomic E-state index is 12.2. The average Bonchev–Trinajstić information content (AvgIpc) is 3.06. The number of rotatable bonds is 6. The molecule has 2 aromatic rings. The van der Waals surface area contributed by atoms with Gasteiger partial charge in [0.1, 0.15) is 5.76 Å². The van der Waals surface area contributed by atoms with Crippen LogP contribution in [0.15, 0.2) is 40.3 Å². The van der Waals surface area contributed by atoms with Crippen LogP contribution in [0.1, 0.15) is 21.9 Å². The van der Waals surface area contributed by atoms with E-state index in [1.165, 1.54) is 22.5 Å². The topological polar surface area (TPSA) is 70.8 Å². The molecular formula is C13H13NO4S. The minimum absolute atomic E-state index is 0.0855. The number of carboxylic acid groups (broad SMARTS) is 1. The molecule has 0 aliphatic rings. The van der Waals surface area contributed by atoms with Gasteiger partial charge in [0.05, 0.1) is 24.1 Å². The largest absolute Gasteiger partial charge is 0.481 e. The number of carbonyl (C=O) groups excluding carboxylic acids is 1. The highest BCUT2D eigenvalue weighted by Gasteiger charge is 2.18. The number of amides is 1. The first kappa shape index (κ1) is 13.4. The van der Waals surface area contributed by atoms with Crippen LogP contribution in [0.5, 0.6) is 0 Å². The Kier molecular flexibility index (Phi) is 4.35. The zero-order valence-corrected chi connectivity index (χ0v) is 10.9. The first-order valence-corrected chi connectivity index (χ1v) is 6.62. The lowest BCUT2D eigenvalue weighted by Gasteiger charge is -2.20. The van der Waals surface area contributed by atoms with Crippen LogP contribution < -0.4 is 0 Å². The van der Waals surface area contributed by atoms with Gasteiger partial charge in [0.15, 0.2) is 0 Å². The van der Waals surface area contributed by atoms with Gasteiger partial charge < -0.3 is 14.4 Å². The highest BCUT2D eigenvalue weighted by molar-refractivity contribution is 7.12. The van der Waals surface area contributed by atoms with Crippen LogP contribution in [0.25, 0.3) is 0 Å². The maximum Gasteiger partial charge on any atom is 0.305 e. The molecule has 0 aliphatic carbocycles. The van der Waals surface area contributed by atoms with E-state index in [9.17, 15) is 9.59 Å². The lowest BCUT2D eigenvalue weighted by Crippen LogP contribution is -2.32. The average molecular weight is 279 g/mol. The molecule has 2 aromatic heterocycles. The van der Waals surface area contributed by atoms with Crippen LogP contribution in [0, 0.1) is 0 Å². The van der Waals surface area contributed by atoms with Crippen molar-refractivity contribution in [3.05, 3.63) is 46.5 Å². The van der Waals surface area contributed by atoms with Crippen LogP contribution in [0.2, 0.25) is 0 Å². The standard InChI is InChI=1S/C13H13NO4S/c15-12(16)5-6-14(9-10-3-1-7-18-10)13(17)11-4-2-8-19-11/h1-4,7-8H,5-6,9H2,(H,15,16). The van der Waals surface area contributed by atoms with Gasteiger partial charge in [-0.2, -0.15) is 0 Å². The Balaban J connectivity index is 2.09. The fourth-order valence-corrected chi connectivity index (χ4v) is 2.32. The van der Waals surface area contributed by atoms with Crippen molar-refractivity contribution in [1.82, 2.24) is 4.90 Å². The SMILES string of the molecule is O=C(O)CCN(Cc1ccco1)C(=O)c1cccs1. The second-order valence-corrected chi connectivity index (χ2v) is 4.87. The van der Waals surface area contributed by atoms with Crippen molar-refractivity contribution in [2.45, 2.75) is 13.0 Å². The Morgan fingerprint density at radius 1 is 1.32 bits per heavy atom. The molecule has 0 radical (unpaired) electrons. The summed E-state index contributed by atoms with van der Waals surface area (Å²) in [5, 5.41) is 10.6. The second-order valence-electron chi connectivity index (χ2n) is 3.93. The summed E-state index contributed by atoms with van der Waals surface area (Å²) in [6.45, 7) is 0.434. The summed E-state index contributed by atoms with van der Waals surface area (Å²) in [5.74, 6) is -0.466. The van der Waals surface area contributed by atoms with Crippen LogP contribution in [-0.2, 0) is 11.3 Å². The molecule has 1 amide bonds. The van der Waals surface area contributed by atoms with Crippen LogP contribution in [0.3, 0.4) is 0 Å². The zero-order valence-electron chi connectivity index (χ0n) is 10.1. The van der Waals surface area contributed by atoms with E-state index in [1.807, 2.05) is 5.38 Å². The molecule has 0 bridgehead atoms. The third-order valence-electron chi connectivity index (χ3n) is 2.54. The second kappa shape index (κ2) is 6.19. The van der Waals surface area contributed by atoms with Gasteiger partial charge >= 0.3 is 5.97 Å². The van der Waals surface area contributed by atoms with Crippen molar-refractivity contribution in [1.29, 1.82) is 0 Å². The van der Waals surface area contributed by atoms with E-state index < -0.39 is 5.97 Å². The molecule has 0 saturated carbocycles. The van der Waals surface area contributed by atoms with Crippen LogP contribution in [-0.4, -0.2) is 28.4 Å². The molecule has 0 unspecified atom stereocenters. The molecule has 19 heavy (non-hydrogen) atoms. The molecule has 5 nitrogen and oxygen atoms in total. The maximum absolute atomic E-state index is 12.2. The Bertz CT molecular complexity index is 533. The predicted molar refractivity (Wildman–Crippen MR) is 70.0 cm³/mol. The molecular weight excluding hydrogens is 266 g/mol. The predicted octanol–water partition coefficient (Wildman–Crippen LogP) is 2.46. The van der Waals surface area contributed by atoms with Gasteiger partial charge in [0.2, 0.25) is 0 Å². The summed E-state index contributed by atoms with van der Waals surface area (Å²) >= 11 is 1.34. The lowest BCUT2D eigenvalue weighted by atomic mass is 10.3. The fraction of sp³-hybridized carbons (Fsp3) is 0.231. The number of aliphatic carboxylic acids is 1. The summed E-state index contributed by atoms with van der Waals surface area (Å²) in [7, 11) is 0. The molecule has 0 saturated heterocycles. The van der Waals surface area contributed by atoms with Gasteiger partial charge in [-0.1, -0.05) is 6.07 Å². The van der Waals surface area contributed by atoms with Crippen LogP contribution >= 0.6 is 11.3 Å². The first-order valence-electron chi connectivity index (χ1n) is 5.74. The quantitative estimate of drug-likeness (QED) is 0.881. The van der Waals surface area contributed by atoms with Gasteiger partial charge in [-0.25, -0.2) is 0 Å². The summed E-state index contributed by atoms with van der Waals surface area (Å²) in [4.78, 5) is 25.0. The number of carboxylic acids is 1. The molecule has 0 fully saturated rings. The molecule has 2 rings (SSSR count). The number of carbonyl (C=O) groups is 2. The number of hydrogen-bond donors (Lipinski definition) is 1. The van der Waals surface area contributed by atoms with Crippen molar-refractivity contribution in [2.75, 3.05) is 6.54 Å². The Morgan fingerprint density at radius 3 is 2.74 bits per heavy atom. The van der Waals surface area contributed by atoms with Crippen molar-refractivity contribution in [3.63, 3.8) is 0 Å². The Hall–Kier alpha value is -2.08. The van der Waals surface area contributed by atoms with Crippen molar-refractivity contribution in [3.8, 4) is 0 Å². The highest BCUT2D eigenvalue weighted by Crippen LogP contribution is 2.15. The summed E-state index contributed by atoms with van der Waals surface area (Å²) < 4.78 is 5.20. The van der Waals surface area contributed by atoms with E-state index in [0.29, 0.717) is 10.6 Å². The Labute approximate surface area is 114 Å². The molecule has 6 heteroatoms. The van der Waals surface area contributed by atoms with E-state index in [2.05, 4.69) is 0 Å². The molecule has 2 heterocycles. The van der Waals surface area contributed by atoms with Crippen LogP contribution in [0.4, 0.5) is 0 Å². The molecule has 1 N–H and O–H groups in total. The summed E-state index contributed by atoms with van der Waals surface area (Å²) in [6.07, 6.45) is 1.44. The van der Waals surface area contributed by atoms with Crippen molar-refractivity contribution in [2.24, 2.45) is 0 Å². The smallest absolute Gasteiger partial charge is 0.305 e. The van der Waals surface area contributed by atoms with E-state index >= 15 is 0 Å². The molecule has 0 aliphatic heterocycles. The summed E-state index contributed by atoms with van der Waals surface area (Å²) in [5.41, 5.74) is 0. The van der Waals surface area contributed by atoms with Crippen molar-refractivity contribution < 1.29 is 19.1 Å². The molecule has 0 atom stereocenters. The van der Waals surface area contributed by atoms with Gasteiger partial charge in [0.25, 0.3) is 5.91 Å². The zero-order chi connectivity index (χ0) is 13.7. The molecule has 0 aromatic carbocycles. The van der Waals surface area contributed by atoms with E-state index in [1.54, 1.807) is 24.3 Å². The number of thiophene rings is 1. The monoisotopic (exact) mass is 279 g/mol.